The summed E-state index contributed by atoms with van der Waals surface area (Å²) in [6.07, 6.45) is 8.88. The molecule has 0 saturated carbocycles. The van der Waals surface area contributed by atoms with E-state index in [1.165, 1.54) is 17.8 Å². The fourth-order valence-corrected chi connectivity index (χ4v) is 5.96. The van der Waals surface area contributed by atoms with Crippen LogP contribution >= 0.6 is 0 Å². The molecule has 1 aromatic carbocycles. The minimum atomic E-state index is -0.993. The minimum Gasteiger partial charge on any atom is -0.384 e. The number of hydrogen-bond donors (Lipinski definition) is 2. The highest BCUT2D eigenvalue weighted by atomic mass is 19.1. The smallest absolute Gasteiger partial charge is 0.264 e. The summed E-state index contributed by atoms with van der Waals surface area (Å²) in [5.41, 5.74) is 2.13. The average molecular weight is 573 g/mol. The normalized spacial score (nSPS) is 24.5. The molecular formula is C31H33FN6O4. The molecule has 42 heavy (non-hydrogen) atoms. The van der Waals surface area contributed by atoms with E-state index >= 15 is 0 Å². The van der Waals surface area contributed by atoms with Crippen molar-refractivity contribution < 1.29 is 23.6 Å². The molecule has 2 aromatic rings. The number of pyridine rings is 1. The van der Waals surface area contributed by atoms with Crippen LogP contribution in [0.25, 0.3) is 0 Å². The fraction of sp³-hybridized carbons (Fsp3) is 0.387. The fourth-order valence-electron chi connectivity index (χ4n) is 5.96. The summed E-state index contributed by atoms with van der Waals surface area (Å²) in [5.74, 6) is -1.58. The van der Waals surface area contributed by atoms with Crippen LogP contribution in [0.1, 0.15) is 46.9 Å². The van der Waals surface area contributed by atoms with Crippen LogP contribution in [-0.4, -0.2) is 83.7 Å². The van der Waals surface area contributed by atoms with E-state index < -0.39 is 29.7 Å². The van der Waals surface area contributed by atoms with Crippen LogP contribution in [0.2, 0.25) is 0 Å². The maximum Gasteiger partial charge on any atom is 0.264 e. The molecule has 2 saturated heterocycles. The zero-order valence-electron chi connectivity index (χ0n) is 23.4. The number of carbonyl (C=O) groups excluding carboxylic acids is 4. The number of nitrogens with zero attached hydrogens (tertiary/aromatic N) is 4. The Hall–Kier alpha value is -4.38. The van der Waals surface area contributed by atoms with Crippen LogP contribution < -0.4 is 15.5 Å². The molecule has 10 nitrogen and oxygen atoms in total. The summed E-state index contributed by atoms with van der Waals surface area (Å²) in [7, 11) is 0. The van der Waals surface area contributed by atoms with Crippen molar-refractivity contribution in [2.75, 3.05) is 49.5 Å². The maximum atomic E-state index is 13.4. The molecule has 4 amide bonds. The SMILES string of the molecule is CC1(CNc2cccc3c2C(=O)N(C2CCC(=O)NC2=O)C3=O)C=CC(CN2CCN(c3ccc(F)cn3)CC2)=CC1. The molecule has 4 aliphatic rings. The van der Waals surface area contributed by atoms with Gasteiger partial charge in [-0.25, -0.2) is 9.37 Å². The first kappa shape index (κ1) is 27.8. The van der Waals surface area contributed by atoms with Gasteiger partial charge in [0, 0.05) is 56.8 Å². The Balaban J connectivity index is 1.04. The van der Waals surface area contributed by atoms with Crippen LogP contribution in [0, 0.1) is 11.2 Å². The first-order valence-corrected chi connectivity index (χ1v) is 14.3. The van der Waals surface area contributed by atoms with Gasteiger partial charge in [-0.2, -0.15) is 0 Å². The van der Waals surface area contributed by atoms with E-state index in [0.717, 1.165) is 49.9 Å². The second kappa shape index (κ2) is 11.1. The summed E-state index contributed by atoms with van der Waals surface area (Å²) in [4.78, 5) is 60.2. The molecule has 218 valence electrons. The van der Waals surface area contributed by atoms with Crippen LogP contribution in [0.3, 0.4) is 0 Å². The minimum absolute atomic E-state index is 0.0821. The van der Waals surface area contributed by atoms with Gasteiger partial charge in [-0.15, -0.1) is 0 Å². The number of amides is 4. The van der Waals surface area contributed by atoms with Gasteiger partial charge in [0.05, 0.1) is 17.3 Å². The van der Waals surface area contributed by atoms with Gasteiger partial charge in [-0.1, -0.05) is 31.2 Å². The van der Waals surface area contributed by atoms with E-state index in [1.54, 1.807) is 24.3 Å². The van der Waals surface area contributed by atoms with E-state index in [-0.39, 0.29) is 35.2 Å². The molecule has 4 heterocycles. The number of imide groups is 2. The molecule has 3 aliphatic heterocycles. The molecule has 2 fully saturated rings. The van der Waals surface area contributed by atoms with E-state index in [2.05, 4.69) is 50.6 Å². The molecule has 0 spiro atoms. The lowest BCUT2D eigenvalue weighted by molar-refractivity contribution is -0.136. The van der Waals surface area contributed by atoms with E-state index in [4.69, 9.17) is 0 Å². The summed E-state index contributed by atoms with van der Waals surface area (Å²) >= 11 is 0. The predicted molar refractivity (Wildman–Crippen MR) is 154 cm³/mol. The van der Waals surface area contributed by atoms with Gasteiger partial charge in [-0.05, 0) is 42.7 Å². The second-order valence-corrected chi connectivity index (χ2v) is 11.6. The van der Waals surface area contributed by atoms with Crippen LogP contribution in [-0.2, 0) is 9.59 Å². The number of carbonyl (C=O) groups is 4. The molecule has 0 radical (unpaired) electrons. The van der Waals surface area contributed by atoms with Gasteiger partial charge in [-0.3, -0.25) is 34.3 Å². The van der Waals surface area contributed by atoms with Crippen molar-refractivity contribution in [1.82, 2.24) is 20.1 Å². The van der Waals surface area contributed by atoms with E-state index in [9.17, 15) is 23.6 Å². The van der Waals surface area contributed by atoms with Gasteiger partial charge < -0.3 is 10.2 Å². The van der Waals surface area contributed by atoms with Crippen molar-refractivity contribution in [1.29, 1.82) is 0 Å². The molecule has 1 aliphatic carbocycles. The first-order valence-electron chi connectivity index (χ1n) is 14.3. The highest BCUT2D eigenvalue weighted by molar-refractivity contribution is 6.25. The number of halogens is 1. The number of fused-ring (bicyclic) bond motifs is 1. The first-order chi connectivity index (χ1) is 20.2. The van der Waals surface area contributed by atoms with Crippen molar-refractivity contribution >= 4 is 35.1 Å². The van der Waals surface area contributed by atoms with Crippen molar-refractivity contribution in [3.8, 4) is 0 Å². The number of benzene rings is 1. The lowest BCUT2D eigenvalue weighted by atomic mass is 9.81. The predicted octanol–water partition coefficient (Wildman–Crippen LogP) is 2.75. The average Bonchev–Trinajstić information content (AvgIpc) is 3.24. The lowest BCUT2D eigenvalue weighted by Gasteiger charge is -2.36. The standard InChI is InChI=1S/C31H33FN6O4/c1-31(11-9-20(10-12-31)18-36-13-15-37(16-14-36)25-7-5-21(32)17-33-25)19-34-23-4-2-3-22-27(23)30(42)38(29(22)41)24-6-8-26(39)35-28(24)40/h2-5,7,9-11,17,24,34H,6,8,12-16,18-19H2,1H3,(H,35,39,40). The van der Waals surface area contributed by atoms with E-state index in [0.29, 0.717) is 12.2 Å². The molecule has 2 N–H and O–H groups in total. The Morgan fingerprint density at radius 2 is 1.88 bits per heavy atom. The number of hydrogen-bond acceptors (Lipinski definition) is 8. The molecule has 6 rings (SSSR count). The van der Waals surface area contributed by atoms with Gasteiger partial charge in [0.25, 0.3) is 11.8 Å². The number of allylic oxidation sites excluding steroid dienone is 1. The van der Waals surface area contributed by atoms with E-state index in [1.807, 2.05) is 0 Å². The highest BCUT2D eigenvalue weighted by Gasteiger charge is 2.45. The largest absolute Gasteiger partial charge is 0.384 e. The zero-order valence-corrected chi connectivity index (χ0v) is 23.4. The zero-order chi connectivity index (χ0) is 29.4. The molecule has 0 bridgehead atoms. The van der Waals surface area contributed by atoms with Crippen LogP contribution in [0.5, 0.6) is 0 Å². The van der Waals surface area contributed by atoms with Crippen molar-refractivity contribution in [2.24, 2.45) is 5.41 Å². The molecule has 2 unspecified atom stereocenters. The number of rotatable bonds is 7. The topological polar surface area (TPSA) is 115 Å². The Morgan fingerprint density at radius 3 is 2.57 bits per heavy atom. The summed E-state index contributed by atoms with van der Waals surface area (Å²) in [5, 5.41) is 5.62. The van der Waals surface area contributed by atoms with Gasteiger partial charge in [0.2, 0.25) is 11.8 Å². The number of piperidine rings is 1. The van der Waals surface area contributed by atoms with Gasteiger partial charge in [0.1, 0.15) is 17.7 Å². The summed E-state index contributed by atoms with van der Waals surface area (Å²) in [6, 6.07) is 7.27. The Bertz CT molecular complexity index is 1500. The Kier molecular flexibility index (Phi) is 7.36. The third-order valence-electron chi connectivity index (χ3n) is 8.50. The molecule has 2 atom stereocenters. The van der Waals surface area contributed by atoms with Gasteiger partial charge in [0.15, 0.2) is 0 Å². The van der Waals surface area contributed by atoms with Crippen molar-refractivity contribution in [3.63, 3.8) is 0 Å². The molecule has 11 heteroatoms. The maximum absolute atomic E-state index is 13.4. The quantitative estimate of drug-likeness (QED) is 0.487. The van der Waals surface area contributed by atoms with Crippen molar-refractivity contribution in [2.45, 2.75) is 32.2 Å². The number of piperazine rings is 1. The third-order valence-corrected chi connectivity index (χ3v) is 8.50. The van der Waals surface area contributed by atoms with Crippen LogP contribution in [0.15, 0.2) is 60.3 Å². The van der Waals surface area contributed by atoms with Gasteiger partial charge >= 0.3 is 0 Å². The Labute approximate surface area is 243 Å². The summed E-state index contributed by atoms with van der Waals surface area (Å²) < 4.78 is 13.2. The number of aromatic nitrogens is 1. The highest BCUT2D eigenvalue weighted by Crippen LogP contribution is 2.35. The van der Waals surface area contributed by atoms with Crippen molar-refractivity contribution in [3.05, 3.63) is 77.3 Å². The second-order valence-electron chi connectivity index (χ2n) is 11.6. The van der Waals surface area contributed by atoms with Crippen LogP contribution in [0.4, 0.5) is 15.9 Å². The molecular weight excluding hydrogens is 539 g/mol. The lowest BCUT2D eigenvalue weighted by Crippen LogP contribution is -2.54. The number of anilines is 2. The number of nitrogens with one attached hydrogen (secondary N) is 2. The summed E-state index contributed by atoms with van der Waals surface area (Å²) in [6.45, 7) is 7.00. The third kappa shape index (κ3) is 5.44. The Morgan fingerprint density at radius 1 is 1.07 bits per heavy atom. The molecule has 1 aromatic heterocycles. The monoisotopic (exact) mass is 572 g/mol.